The standard InChI is InChI=1S/C13H20N4/c1-2-12(8-15-3-1)9-16-10-13(11-16)17-6-4-14-5-7-17/h1-3,8,13-14H,4-7,9-11H2. The third-order valence-corrected chi connectivity index (χ3v) is 3.73. The monoisotopic (exact) mass is 232 g/mol. The van der Waals surface area contributed by atoms with Gasteiger partial charge in [0.25, 0.3) is 0 Å². The van der Waals surface area contributed by atoms with Crippen molar-refractivity contribution in [2.24, 2.45) is 0 Å². The van der Waals surface area contributed by atoms with E-state index in [1.165, 1.54) is 31.7 Å². The normalized spacial score (nSPS) is 23.5. The first-order valence-electron chi connectivity index (χ1n) is 6.48. The number of piperazine rings is 1. The maximum Gasteiger partial charge on any atom is 0.0351 e. The maximum atomic E-state index is 4.16. The molecule has 0 spiro atoms. The van der Waals surface area contributed by atoms with Gasteiger partial charge in [-0.05, 0) is 11.6 Å². The fourth-order valence-corrected chi connectivity index (χ4v) is 2.70. The lowest BCUT2D eigenvalue weighted by Gasteiger charge is -2.46. The van der Waals surface area contributed by atoms with Gasteiger partial charge < -0.3 is 5.32 Å². The Morgan fingerprint density at radius 3 is 2.82 bits per heavy atom. The zero-order valence-electron chi connectivity index (χ0n) is 10.2. The van der Waals surface area contributed by atoms with Crippen molar-refractivity contribution in [3.63, 3.8) is 0 Å². The van der Waals surface area contributed by atoms with Gasteiger partial charge in [-0.2, -0.15) is 0 Å². The summed E-state index contributed by atoms with van der Waals surface area (Å²) in [4.78, 5) is 9.28. The summed E-state index contributed by atoms with van der Waals surface area (Å²) in [5, 5.41) is 3.41. The van der Waals surface area contributed by atoms with Gasteiger partial charge >= 0.3 is 0 Å². The van der Waals surface area contributed by atoms with E-state index < -0.39 is 0 Å². The molecule has 4 nitrogen and oxygen atoms in total. The van der Waals surface area contributed by atoms with E-state index in [1.807, 2.05) is 18.5 Å². The molecule has 2 aliphatic rings. The van der Waals surface area contributed by atoms with Gasteiger partial charge in [0.05, 0.1) is 0 Å². The largest absolute Gasteiger partial charge is 0.314 e. The van der Waals surface area contributed by atoms with Gasteiger partial charge in [0.2, 0.25) is 0 Å². The van der Waals surface area contributed by atoms with Crippen LogP contribution in [0.5, 0.6) is 0 Å². The predicted molar refractivity (Wildman–Crippen MR) is 67.7 cm³/mol. The van der Waals surface area contributed by atoms with Gasteiger partial charge in [-0.15, -0.1) is 0 Å². The van der Waals surface area contributed by atoms with Crippen molar-refractivity contribution >= 4 is 0 Å². The number of hydrogen-bond donors (Lipinski definition) is 1. The lowest BCUT2D eigenvalue weighted by atomic mass is 10.1. The molecule has 3 rings (SSSR count). The Labute approximate surface area is 103 Å². The average Bonchev–Trinajstić information content (AvgIpc) is 2.36. The minimum absolute atomic E-state index is 0.786. The van der Waals surface area contributed by atoms with Crippen molar-refractivity contribution in [3.8, 4) is 0 Å². The van der Waals surface area contributed by atoms with Crippen molar-refractivity contribution in [1.82, 2.24) is 20.1 Å². The number of likely N-dealkylation sites (tertiary alicyclic amines) is 1. The smallest absolute Gasteiger partial charge is 0.0351 e. The zero-order chi connectivity index (χ0) is 11.5. The van der Waals surface area contributed by atoms with E-state index in [-0.39, 0.29) is 0 Å². The van der Waals surface area contributed by atoms with E-state index in [2.05, 4.69) is 26.2 Å². The molecular formula is C13H20N4. The fourth-order valence-electron chi connectivity index (χ4n) is 2.70. The minimum atomic E-state index is 0.786. The Balaban J connectivity index is 1.45. The van der Waals surface area contributed by atoms with Crippen LogP contribution in [-0.2, 0) is 6.54 Å². The molecule has 0 amide bonds. The van der Waals surface area contributed by atoms with Gasteiger partial charge in [-0.3, -0.25) is 14.8 Å². The third kappa shape index (κ3) is 2.65. The molecule has 1 aromatic rings. The van der Waals surface area contributed by atoms with E-state index in [9.17, 15) is 0 Å². The van der Waals surface area contributed by atoms with Crippen molar-refractivity contribution in [2.75, 3.05) is 39.3 Å². The first-order valence-corrected chi connectivity index (χ1v) is 6.48. The molecule has 0 bridgehead atoms. The highest BCUT2D eigenvalue weighted by atomic mass is 15.3. The number of nitrogens with zero attached hydrogens (tertiary/aromatic N) is 3. The third-order valence-electron chi connectivity index (χ3n) is 3.73. The summed E-state index contributed by atoms with van der Waals surface area (Å²) in [5.41, 5.74) is 1.33. The van der Waals surface area contributed by atoms with Crippen molar-refractivity contribution in [3.05, 3.63) is 30.1 Å². The van der Waals surface area contributed by atoms with Gasteiger partial charge in [-0.25, -0.2) is 0 Å². The topological polar surface area (TPSA) is 31.4 Å². The average molecular weight is 232 g/mol. The van der Waals surface area contributed by atoms with Crippen molar-refractivity contribution < 1.29 is 0 Å². The Morgan fingerprint density at radius 1 is 1.29 bits per heavy atom. The summed E-state index contributed by atoms with van der Waals surface area (Å²) in [6, 6.07) is 4.96. The molecule has 2 fully saturated rings. The van der Waals surface area contributed by atoms with Crippen LogP contribution in [0.25, 0.3) is 0 Å². The van der Waals surface area contributed by atoms with Crippen molar-refractivity contribution in [2.45, 2.75) is 12.6 Å². The molecule has 0 saturated carbocycles. The number of hydrogen-bond acceptors (Lipinski definition) is 4. The number of rotatable bonds is 3. The highest BCUT2D eigenvalue weighted by Crippen LogP contribution is 2.17. The lowest BCUT2D eigenvalue weighted by Crippen LogP contribution is -2.62. The number of aromatic nitrogens is 1. The maximum absolute atomic E-state index is 4.16. The van der Waals surface area contributed by atoms with Crippen LogP contribution >= 0.6 is 0 Å². The van der Waals surface area contributed by atoms with Crippen LogP contribution in [0.15, 0.2) is 24.5 Å². The van der Waals surface area contributed by atoms with Crippen LogP contribution in [0, 0.1) is 0 Å². The number of pyridine rings is 1. The second kappa shape index (κ2) is 5.12. The van der Waals surface area contributed by atoms with Gasteiger partial charge in [-0.1, -0.05) is 6.07 Å². The molecule has 0 atom stereocenters. The summed E-state index contributed by atoms with van der Waals surface area (Å²) in [6.45, 7) is 8.22. The molecule has 0 aromatic carbocycles. The Bertz CT molecular complexity index is 342. The molecule has 17 heavy (non-hydrogen) atoms. The molecule has 1 N–H and O–H groups in total. The quantitative estimate of drug-likeness (QED) is 0.805. The van der Waals surface area contributed by atoms with E-state index in [4.69, 9.17) is 0 Å². The molecule has 0 unspecified atom stereocenters. The highest BCUT2D eigenvalue weighted by Gasteiger charge is 2.31. The summed E-state index contributed by atoms with van der Waals surface area (Å²) in [6.07, 6.45) is 3.81. The number of nitrogens with one attached hydrogen (secondary N) is 1. The van der Waals surface area contributed by atoms with Crippen LogP contribution < -0.4 is 5.32 Å². The molecule has 2 aliphatic heterocycles. The van der Waals surface area contributed by atoms with Crippen LogP contribution in [0.2, 0.25) is 0 Å². The first-order chi connectivity index (χ1) is 8.42. The van der Waals surface area contributed by atoms with Crippen molar-refractivity contribution in [1.29, 1.82) is 0 Å². The SMILES string of the molecule is c1cncc(CN2CC(N3CCNCC3)C2)c1. The van der Waals surface area contributed by atoms with Crippen LogP contribution in [0.4, 0.5) is 0 Å². The Morgan fingerprint density at radius 2 is 2.12 bits per heavy atom. The second-order valence-electron chi connectivity index (χ2n) is 5.00. The van der Waals surface area contributed by atoms with E-state index >= 15 is 0 Å². The molecule has 0 radical (unpaired) electrons. The van der Waals surface area contributed by atoms with E-state index in [1.54, 1.807) is 0 Å². The van der Waals surface area contributed by atoms with Gasteiger partial charge in [0.15, 0.2) is 0 Å². The fraction of sp³-hybridized carbons (Fsp3) is 0.615. The second-order valence-corrected chi connectivity index (χ2v) is 5.00. The molecule has 0 aliphatic carbocycles. The van der Waals surface area contributed by atoms with Gasteiger partial charge in [0, 0.05) is 64.2 Å². The van der Waals surface area contributed by atoms with Gasteiger partial charge in [0.1, 0.15) is 0 Å². The first kappa shape index (κ1) is 11.1. The molecule has 3 heterocycles. The van der Waals surface area contributed by atoms with E-state index in [0.717, 1.165) is 25.7 Å². The zero-order valence-corrected chi connectivity index (χ0v) is 10.2. The van der Waals surface area contributed by atoms with Crippen LogP contribution in [0.3, 0.4) is 0 Å². The molecule has 1 aromatic heterocycles. The summed E-state index contributed by atoms with van der Waals surface area (Å²) < 4.78 is 0. The summed E-state index contributed by atoms with van der Waals surface area (Å²) in [5.74, 6) is 0. The molecular weight excluding hydrogens is 212 g/mol. The Hall–Kier alpha value is -0.970. The van der Waals surface area contributed by atoms with Crippen LogP contribution in [0.1, 0.15) is 5.56 Å². The Kier molecular flexibility index (Phi) is 3.36. The highest BCUT2D eigenvalue weighted by molar-refractivity contribution is 5.09. The molecule has 92 valence electrons. The molecule has 4 heteroatoms. The lowest BCUT2D eigenvalue weighted by molar-refractivity contribution is 0.0222. The summed E-state index contributed by atoms with van der Waals surface area (Å²) >= 11 is 0. The van der Waals surface area contributed by atoms with Crippen LogP contribution in [-0.4, -0.2) is 60.1 Å². The molecule has 2 saturated heterocycles. The predicted octanol–water partition coefficient (Wildman–Crippen LogP) is 0.171. The minimum Gasteiger partial charge on any atom is -0.314 e. The van der Waals surface area contributed by atoms with E-state index in [0.29, 0.717) is 0 Å². The summed E-state index contributed by atoms with van der Waals surface area (Å²) in [7, 11) is 0.